The fourth-order valence-corrected chi connectivity index (χ4v) is 6.93. The van der Waals surface area contributed by atoms with Gasteiger partial charge in [-0.15, -0.1) is 0 Å². The van der Waals surface area contributed by atoms with Crippen molar-refractivity contribution in [1.82, 2.24) is 4.90 Å². The second kappa shape index (κ2) is 6.99. The topological polar surface area (TPSA) is 76.0 Å². The van der Waals surface area contributed by atoms with Gasteiger partial charge in [0.05, 0.1) is 24.7 Å². The highest BCUT2D eigenvalue weighted by atomic mass is 32.2. The van der Waals surface area contributed by atoms with E-state index in [-0.39, 0.29) is 34.6 Å². The fourth-order valence-electron chi connectivity index (χ4n) is 2.97. The molecule has 0 spiro atoms. The molecule has 2 atom stereocenters. The van der Waals surface area contributed by atoms with Gasteiger partial charge in [0.1, 0.15) is 5.75 Å². The first-order valence-electron chi connectivity index (χ1n) is 8.18. The van der Waals surface area contributed by atoms with Gasteiger partial charge >= 0.3 is 0 Å². The van der Waals surface area contributed by atoms with E-state index in [1.807, 2.05) is 43.0 Å². The molecule has 2 aliphatic heterocycles. The van der Waals surface area contributed by atoms with E-state index in [9.17, 15) is 13.2 Å². The van der Waals surface area contributed by atoms with E-state index in [4.69, 9.17) is 4.74 Å². The Balaban J connectivity index is 1.87. The van der Waals surface area contributed by atoms with E-state index in [2.05, 4.69) is 4.99 Å². The molecular formula is C17H22N2O4S2. The number of benzene rings is 1. The molecule has 25 heavy (non-hydrogen) atoms. The normalized spacial score (nSPS) is 26.2. The molecule has 0 aliphatic carbocycles. The number of amides is 1. The van der Waals surface area contributed by atoms with E-state index >= 15 is 0 Å². The van der Waals surface area contributed by atoms with E-state index in [0.717, 1.165) is 11.3 Å². The van der Waals surface area contributed by atoms with Gasteiger partial charge in [-0.3, -0.25) is 4.79 Å². The van der Waals surface area contributed by atoms with Crippen molar-refractivity contribution in [3.05, 3.63) is 29.8 Å². The Morgan fingerprint density at radius 2 is 2.00 bits per heavy atom. The Morgan fingerprint density at radius 1 is 1.32 bits per heavy atom. The zero-order valence-corrected chi connectivity index (χ0v) is 16.1. The number of carbonyl (C=O) groups excluding carboxylic acids is 1. The van der Waals surface area contributed by atoms with Crippen LogP contribution in [0, 0.1) is 5.92 Å². The molecule has 0 bridgehead atoms. The van der Waals surface area contributed by atoms with Gasteiger partial charge in [-0.1, -0.05) is 37.7 Å². The fraction of sp³-hybridized carbons (Fsp3) is 0.529. The highest BCUT2D eigenvalue weighted by Gasteiger charge is 2.48. The summed E-state index contributed by atoms with van der Waals surface area (Å²) in [5.74, 6) is 0.682. The van der Waals surface area contributed by atoms with Crippen LogP contribution in [-0.2, 0) is 21.2 Å². The van der Waals surface area contributed by atoms with Crippen molar-refractivity contribution < 1.29 is 17.9 Å². The van der Waals surface area contributed by atoms with Crippen LogP contribution in [0.2, 0.25) is 0 Å². The number of fused-ring (bicyclic) bond motifs is 1. The second-order valence-electron chi connectivity index (χ2n) is 6.66. The van der Waals surface area contributed by atoms with Crippen LogP contribution in [0.3, 0.4) is 0 Å². The molecule has 0 N–H and O–H groups in total. The van der Waals surface area contributed by atoms with Crippen LogP contribution >= 0.6 is 11.8 Å². The SMILES string of the molecule is COc1ccc(CN2C(=NC(=O)C(C)C)S[C@H]3CS(=O)(=O)C[C@@H]32)cc1. The molecule has 2 heterocycles. The summed E-state index contributed by atoms with van der Waals surface area (Å²) in [6.07, 6.45) is 0. The molecule has 2 saturated heterocycles. The average molecular weight is 383 g/mol. The number of ether oxygens (including phenoxy) is 1. The highest BCUT2D eigenvalue weighted by Crippen LogP contribution is 2.39. The Hall–Kier alpha value is -1.54. The van der Waals surface area contributed by atoms with E-state index in [1.165, 1.54) is 11.8 Å². The van der Waals surface area contributed by atoms with Crippen LogP contribution in [0.15, 0.2) is 29.3 Å². The summed E-state index contributed by atoms with van der Waals surface area (Å²) in [5, 5.41) is 0.585. The van der Waals surface area contributed by atoms with Crippen LogP contribution in [0.1, 0.15) is 19.4 Å². The number of nitrogens with zero attached hydrogens (tertiary/aromatic N) is 2. The van der Waals surface area contributed by atoms with Gasteiger partial charge in [0.2, 0.25) is 0 Å². The summed E-state index contributed by atoms with van der Waals surface area (Å²) in [6.45, 7) is 4.15. The maximum absolute atomic E-state index is 12.1. The number of thioether (sulfide) groups is 1. The summed E-state index contributed by atoms with van der Waals surface area (Å²) < 4.78 is 29.2. The standard InChI is InChI=1S/C17H22N2O4S2/c1-11(2)16(20)18-17-19(8-12-4-6-13(23-3)7-5-12)14-9-25(21,22)10-15(14)24-17/h4-7,11,14-15H,8-10H2,1-3H3/t14-,15-/m0/s1. The number of hydrogen-bond donors (Lipinski definition) is 0. The quantitative estimate of drug-likeness (QED) is 0.792. The van der Waals surface area contributed by atoms with Crippen molar-refractivity contribution in [1.29, 1.82) is 0 Å². The molecule has 2 fully saturated rings. The Morgan fingerprint density at radius 3 is 2.60 bits per heavy atom. The van der Waals surface area contributed by atoms with Crippen molar-refractivity contribution in [2.45, 2.75) is 31.7 Å². The molecule has 0 aromatic heterocycles. The van der Waals surface area contributed by atoms with Crippen molar-refractivity contribution in [2.24, 2.45) is 10.9 Å². The lowest BCUT2D eigenvalue weighted by Crippen LogP contribution is -2.37. The second-order valence-corrected chi connectivity index (χ2v) is 10.0. The summed E-state index contributed by atoms with van der Waals surface area (Å²) in [7, 11) is -1.42. The zero-order chi connectivity index (χ0) is 18.2. The monoisotopic (exact) mass is 382 g/mol. The molecule has 1 aromatic rings. The number of amidine groups is 1. The van der Waals surface area contributed by atoms with Crippen LogP contribution in [0.5, 0.6) is 5.75 Å². The van der Waals surface area contributed by atoms with Gasteiger partial charge < -0.3 is 9.64 Å². The smallest absolute Gasteiger partial charge is 0.250 e. The van der Waals surface area contributed by atoms with Gasteiger partial charge in [0, 0.05) is 17.7 Å². The molecule has 6 nitrogen and oxygen atoms in total. The van der Waals surface area contributed by atoms with Gasteiger partial charge in [0.15, 0.2) is 15.0 Å². The number of hydrogen-bond acceptors (Lipinski definition) is 5. The number of sulfone groups is 1. The summed E-state index contributed by atoms with van der Waals surface area (Å²) >= 11 is 1.42. The van der Waals surface area contributed by atoms with E-state index in [1.54, 1.807) is 7.11 Å². The number of rotatable bonds is 4. The van der Waals surface area contributed by atoms with Gasteiger partial charge in [-0.25, -0.2) is 8.42 Å². The molecule has 0 saturated carbocycles. The predicted molar refractivity (Wildman–Crippen MR) is 99.6 cm³/mol. The molecule has 0 unspecified atom stereocenters. The largest absolute Gasteiger partial charge is 0.497 e. The molecule has 136 valence electrons. The summed E-state index contributed by atoms with van der Waals surface area (Å²) in [6, 6.07) is 7.51. The van der Waals surface area contributed by atoms with E-state index < -0.39 is 9.84 Å². The first-order valence-corrected chi connectivity index (χ1v) is 10.9. The number of aliphatic imine (C=N–C) groups is 1. The molecular weight excluding hydrogens is 360 g/mol. The third-order valence-corrected chi connectivity index (χ3v) is 7.63. The maximum atomic E-state index is 12.1. The minimum atomic E-state index is -3.03. The van der Waals surface area contributed by atoms with Crippen molar-refractivity contribution >= 4 is 32.7 Å². The lowest BCUT2D eigenvalue weighted by Gasteiger charge is -2.24. The van der Waals surface area contributed by atoms with Crippen molar-refractivity contribution in [3.63, 3.8) is 0 Å². The predicted octanol–water partition coefficient (Wildman–Crippen LogP) is 1.95. The molecule has 8 heteroatoms. The van der Waals surface area contributed by atoms with Crippen molar-refractivity contribution in [2.75, 3.05) is 18.6 Å². The average Bonchev–Trinajstić information content (AvgIpc) is 3.01. The first kappa shape index (κ1) is 18.3. The molecule has 0 radical (unpaired) electrons. The Labute approximate surface area is 152 Å². The van der Waals surface area contributed by atoms with Crippen LogP contribution < -0.4 is 4.74 Å². The minimum absolute atomic E-state index is 0.0537. The third kappa shape index (κ3) is 4.00. The highest BCUT2D eigenvalue weighted by molar-refractivity contribution is 8.15. The maximum Gasteiger partial charge on any atom is 0.250 e. The van der Waals surface area contributed by atoms with Crippen LogP contribution in [-0.4, -0.2) is 54.3 Å². The van der Waals surface area contributed by atoms with Gasteiger partial charge in [-0.05, 0) is 17.7 Å². The lowest BCUT2D eigenvalue weighted by molar-refractivity contribution is -0.120. The van der Waals surface area contributed by atoms with Gasteiger partial charge in [0.25, 0.3) is 5.91 Å². The Kier molecular flexibility index (Phi) is 5.11. The van der Waals surface area contributed by atoms with E-state index in [0.29, 0.717) is 11.7 Å². The molecule has 1 aromatic carbocycles. The molecule has 2 aliphatic rings. The third-order valence-electron chi connectivity index (χ3n) is 4.39. The first-order chi connectivity index (χ1) is 11.8. The lowest BCUT2D eigenvalue weighted by atomic mass is 10.1. The molecule has 1 amide bonds. The van der Waals surface area contributed by atoms with Crippen LogP contribution in [0.25, 0.3) is 0 Å². The number of carbonyl (C=O) groups is 1. The summed E-state index contributed by atoms with van der Waals surface area (Å²) in [4.78, 5) is 18.3. The zero-order valence-electron chi connectivity index (χ0n) is 14.5. The minimum Gasteiger partial charge on any atom is -0.497 e. The Bertz CT molecular complexity index is 787. The van der Waals surface area contributed by atoms with Crippen molar-refractivity contribution in [3.8, 4) is 5.75 Å². The summed E-state index contributed by atoms with van der Waals surface area (Å²) in [5.41, 5.74) is 1.02. The van der Waals surface area contributed by atoms with Crippen LogP contribution in [0.4, 0.5) is 0 Å². The number of methoxy groups -OCH3 is 1. The molecule has 3 rings (SSSR count). The van der Waals surface area contributed by atoms with Gasteiger partial charge in [-0.2, -0.15) is 4.99 Å².